The molecule has 0 unspecified atom stereocenters. The predicted octanol–water partition coefficient (Wildman–Crippen LogP) is 3.73. The fourth-order valence-electron chi connectivity index (χ4n) is 2.00. The zero-order valence-electron chi connectivity index (χ0n) is 12.3. The SMILES string of the molecule is CC(=O)/C(C)=C/[C@H](C)c1ccc(C)cc1/C=C/C(=O)O. The highest BCUT2D eigenvalue weighted by Gasteiger charge is 2.09. The molecule has 0 radical (unpaired) electrons. The number of benzene rings is 1. The normalized spacial score (nSPS) is 13.5. The second-order valence-corrected chi connectivity index (χ2v) is 5.00. The van der Waals surface area contributed by atoms with Crippen molar-refractivity contribution in [1.29, 1.82) is 0 Å². The number of hydrogen-bond acceptors (Lipinski definition) is 2. The molecule has 0 saturated carbocycles. The summed E-state index contributed by atoms with van der Waals surface area (Å²) in [5.41, 5.74) is 3.66. The van der Waals surface area contributed by atoms with Crippen molar-refractivity contribution in [2.24, 2.45) is 0 Å². The van der Waals surface area contributed by atoms with Gasteiger partial charge in [0.1, 0.15) is 0 Å². The lowest BCUT2D eigenvalue weighted by atomic mass is 9.92. The summed E-state index contributed by atoms with van der Waals surface area (Å²) in [6.45, 7) is 7.29. The molecule has 0 aromatic heterocycles. The summed E-state index contributed by atoms with van der Waals surface area (Å²) in [6, 6.07) is 5.91. The molecule has 3 nitrogen and oxygen atoms in total. The Balaban J connectivity index is 3.20. The van der Waals surface area contributed by atoms with Crippen LogP contribution in [0.2, 0.25) is 0 Å². The third kappa shape index (κ3) is 4.50. The van der Waals surface area contributed by atoms with Crippen LogP contribution in [0.3, 0.4) is 0 Å². The Labute approximate surface area is 119 Å². The molecule has 0 aliphatic carbocycles. The third-order valence-electron chi connectivity index (χ3n) is 3.19. The average Bonchev–Trinajstić information content (AvgIpc) is 2.35. The van der Waals surface area contributed by atoms with E-state index in [4.69, 9.17) is 5.11 Å². The molecule has 0 amide bonds. The summed E-state index contributed by atoms with van der Waals surface area (Å²) in [5, 5.41) is 8.75. The fraction of sp³-hybridized carbons (Fsp3) is 0.294. The van der Waals surface area contributed by atoms with E-state index in [2.05, 4.69) is 0 Å². The Morgan fingerprint density at radius 3 is 2.45 bits per heavy atom. The lowest BCUT2D eigenvalue weighted by Gasteiger charge is -2.13. The number of aliphatic carboxylic acids is 1. The van der Waals surface area contributed by atoms with Crippen molar-refractivity contribution in [3.63, 3.8) is 0 Å². The number of carboxylic acid groups (broad SMARTS) is 1. The van der Waals surface area contributed by atoms with Gasteiger partial charge in [0.15, 0.2) is 5.78 Å². The number of carbonyl (C=O) groups is 2. The number of ketones is 1. The van der Waals surface area contributed by atoms with Crippen LogP contribution in [-0.2, 0) is 9.59 Å². The Kier molecular flexibility index (Phi) is 5.44. The highest BCUT2D eigenvalue weighted by atomic mass is 16.4. The lowest BCUT2D eigenvalue weighted by Crippen LogP contribution is -1.99. The minimum atomic E-state index is -0.972. The van der Waals surface area contributed by atoms with Gasteiger partial charge in [-0.15, -0.1) is 0 Å². The molecule has 0 saturated heterocycles. The molecule has 0 bridgehead atoms. The number of rotatable bonds is 5. The summed E-state index contributed by atoms with van der Waals surface area (Å²) in [5.74, 6) is -0.875. The number of carbonyl (C=O) groups excluding carboxylic acids is 1. The van der Waals surface area contributed by atoms with Crippen LogP contribution in [0.5, 0.6) is 0 Å². The highest BCUT2D eigenvalue weighted by molar-refractivity contribution is 5.92. The van der Waals surface area contributed by atoms with Crippen LogP contribution in [-0.4, -0.2) is 16.9 Å². The zero-order chi connectivity index (χ0) is 15.3. The van der Waals surface area contributed by atoms with Gasteiger partial charge in [0, 0.05) is 12.0 Å². The third-order valence-corrected chi connectivity index (χ3v) is 3.19. The van der Waals surface area contributed by atoms with E-state index in [-0.39, 0.29) is 11.7 Å². The quantitative estimate of drug-likeness (QED) is 0.831. The molecule has 106 valence electrons. The topological polar surface area (TPSA) is 54.4 Å². The van der Waals surface area contributed by atoms with Crippen LogP contribution in [0.4, 0.5) is 0 Å². The maximum Gasteiger partial charge on any atom is 0.328 e. The van der Waals surface area contributed by atoms with Crippen LogP contribution in [0.1, 0.15) is 43.4 Å². The summed E-state index contributed by atoms with van der Waals surface area (Å²) >= 11 is 0. The van der Waals surface area contributed by atoms with E-state index in [1.54, 1.807) is 19.9 Å². The smallest absolute Gasteiger partial charge is 0.328 e. The van der Waals surface area contributed by atoms with E-state index in [1.807, 2.05) is 38.1 Å². The number of carboxylic acids is 1. The number of aryl methyl sites for hydroxylation is 1. The van der Waals surface area contributed by atoms with Crippen molar-refractivity contribution in [2.45, 2.75) is 33.6 Å². The van der Waals surface area contributed by atoms with Crippen LogP contribution in [0.15, 0.2) is 35.9 Å². The Bertz CT molecular complexity index is 580. The lowest BCUT2D eigenvalue weighted by molar-refractivity contribution is -0.131. The number of Topliss-reactive ketones (excluding diaryl/α,β-unsaturated/α-hetero) is 1. The van der Waals surface area contributed by atoms with Crippen molar-refractivity contribution >= 4 is 17.8 Å². The summed E-state index contributed by atoms with van der Waals surface area (Å²) in [4.78, 5) is 22.0. The molecule has 0 spiro atoms. The van der Waals surface area contributed by atoms with Crippen molar-refractivity contribution < 1.29 is 14.7 Å². The average molecular weight is 272 g/mol. The molecule has 1 aromatic rings. The predicted molar refractivity (Wildman–Crippen MR) is 80.7 cm³/mol. The number of allylic oxidation sites excluding steroid dienone is 2. The van der Waals surface area contributed by atoms with Gasteiger partial charge < -0.3 is 5.11 Å². The first-order valence-electron chi connectivity index (χ1n) is 6.52. The molecule has 0 aliphatic rings. The van der Waals surface area contributed by atoms with E-state index < -0.39 is 5.97 Å². The van der Waals surface area contributed by atoms with Gasteiger partial charge in [0.05, 0.1) is 0 Å². The first-order valence-corrected chi connectivity index (χ1v) is 6.52. The molecule has 1 aromatic carbocycles. The van der Waals surface area contributed by atoms with E-state index in [9.17, 15) is 9.59 Å². The monoisotopic (exact) mass is 272 g/mol. The maximum atomic E-state index is 11.3. The van der Waals surface area contributed by atoms with Gasteiger partial charge in [-0.25, -0.2) is 4.79 Å². The standard InChI is InChI=1S/C17H20O3/c1-11-5-7-16(13(3)10-12(2)14(4)18)15(9-11)6-8-17(19)20/h5-10,13H,1-4H3,(H,19,20)/b8-6+,12-10+/t13-/m0/s1. The van der Waals surface area contributed by atoms with Gasteiger partial charge in [0.2, 0.25) is 0 Å². The first-order chi connectivity index (χ1) is 9.31. The summed E-state index contributed by atoms with van der Waals surface area (Å²) in [7, 11) is 0. The summed E-state index contributed by atoms with van der Waals surface area (Å²) < 4.78 is 0. The Hall–Kier alpha value is -2.16. The zero-order valence-corrected chi connectivity index (χ0v) is 12.3. The van der Waals surface area contributed by atoms with Crippen LogP contribution >= 0.6 is 0 Å². The molecular formula is C17H20O3. The Morgan fingerprint density at radius 2 is 1.90 bits per heavy atom. The molecule has 0 fully saturated rings. The molecule has 1 rings (SSSR count). The Morgan fingerprint density at radius 1 is 1.25 bits per heavy atom. The van der Waals surface area contributed by atoms with Crippen molar-refractivity contribution in [2.75, 3.05) is 0 Å². The molecule has 1 N–H and O–H groups in total. The maximum absolute atomic E-state index is 11.3. The minimum absolute atomic E-state index is 0.0478. The van der Waals surface area contributed by atoms with E-state index in [1.165, 1.54) is 0 Å². The second-order valence-electron chi connectivity index (χ2n) is 5.00. The molecule has 3 heteroatoms. The highest BCUT2D eigenvalue weighted by Crippen LogP contribution is 2.24. The van der Waals surface area contributed by atoms with Crippen LogP contribution in [0.25, 0.3) is 6.08 Å². The van der Waals surface area contributed by atoms with Gasteiger partial charge in [-0.1, -0.05) is 36.8 Å². The van der Waals surface area contributed by atoms with Crippen LogP contribution in [0, 0.1) is 6.92 Å². The van der Waals surface area contributed by atoms with Crippen molar-refractivity contribution in [3.05, 3.63) is 52.6 Å². The molecular weight excluding hydrogens is 252 g/mol. The summed E-state index contributed by atoms with van der Waals surface area (Å²) in [6.07, 6.45) is 4.63. The van der Waals surface area contributed by atoms with Gasteiger partial charge in [-0.3, -0.25) is 4.79 Å². The van der Waals surface area contributed by atoms with Gasteiger partial charge in [-0.05, 0) is 43.5 Å². The second kappa shape index (κ2) is 6.85. The molecule has 0 heterocycles. The van der Waals surface area contributed by atoms with Crippen LogP contribution < -0.4 is 0 Å². The largest absolute Gasteiger partial charge is 0.478 e. The van der Waals surface area contributed by atoms with Gasteiger partial charge in [-0.2, -0.15) is 0 Å². The molecule has 0 aliphatic heterocycles. The van der Waals surface area contributed by atoms with Crippen molar-refractivity contribution in [3.8, 4) is 0 Å². The van der Waals surface area contributed by atoms with Gasteiger partial charge >= 0.3 is 5.97 Å². The molecule has 1 atom stereocenters. The van der Waals surface area contributed by atoms with Crippen molar-refractivity contribution in [1.82, 2.24) is 0 Å². The minimum Gasteiger partial charge on any atom is -0.478 e. The van der Waals surface area contributed by atoms with E-state index in [0.29, 0.717) is 5.57 Å². The number of hydrogen-bond donors (Lipinski definition) is 1. The van der Waals surface area contributed by atoms with E-state index >= 15 is 0 Å². The fourth-order valence-corrected chi connectivity index (χ4v) is 2.00. The molecule has 20 heavy (non-hydrogen) atoms. The van der Waals surface area contributed by atoms with E-state index in [0.717, 1.165) is 22.8 Å². The van der Waals surface area contributed by atoms with Gasteiger partial charge in [0.25, 0.3) is 0 Å². The first kappa shape index (κ1) is 15.9.